The lowest BCUT2D eigenvalue weighted by Crippen LogP contribution is -2.13. The summed E-state index contributed by atoms with van der Waals surface area (Å²) in [7, 11) is -2.65. The highest BCUT2D eigenvalue weighted by molar-refractivity contribution is 7.89. The Morgan fingerprint density at radius 2 is 2.18 bits per heavy atom. The topological polar surface area (TPSA) is 135 Å². The molecule has 0 saturated heterocycles. The lowest BCUT2D eigenvalue weighted by Gasteiger charge is -2.06. The van der Waals surface area contributed by atoms with E-state index in [2.05, 4.69) is 10.0 Å². The molecule has 90 valence electrons. The van der Waals surface area contributed by atoms with Gasteiger partial charge in [0, 0.05) is 4.91 Å². The Labute approximate surface area is 96.7 Å². The molecule has 0 fully saturated rings. The Kier molecular flexibility index (Phi) is 3.69. The first kappa shape index (κ1) is 13.0. The summed E-state index contributed by atoms with van der Waals surface area (Å²) in [5.41, 5.74) is 7.97. The standard InChI is InChI=1S/C8H8N4O4S/c1-16-7-3-2-5(17(10,14)15)4-6(7)8(13)11-12-9/h2-4H,1H3,(H2,10,14,15). The smallest absolute Gasteiger partial charge is 0.252 e. The molecule has 1 amide bonds. The van der Waals surface area contributed by atoms with E-state index in [9.17, 15) is 13.2 Å². The number of hydrogen-bond donors (Lipinski definition) is 1. The molecule has 0 radical (unpaired) electrons. The molecule has 0 aliphatic heterocycles. The molecular weight excluding hydrogens is 248 g/mol. The van der Waals surface area contributed by atoms with Crippen LogP contribution in [0.5, 0.6) is 5.75 Å². The third kappa shape index (κ3) is 2.94. The third-order valence-electron chi connectivity index (χ3n) is 1.87. The molecule has 0 unspecified atom stereocenters. The van der Waals surface area contributed by atoms with E-state index in [4.69, 9.17) is 15.4 Å². The number of nitrogens with zero attached hydrogens (tertiary/aromatic N) is 3. The SMILES string of the molecule is COc1ccc(S(N)(=O)=O)cc1C(=O)N=[N+]=[N-]. The van der Waals surface area contributed by atoms with Crippen molar-refractivity contribution in [2.75, 3.05) is 7.11 Å². The zero-order chi connectivity index (χ0) is 13.1. The lowest BCUT2D eigenvalue weighted by atomic mass is 10.2. The Morgan fingerprint density at radius 1 is 1.53 bits per heavy atom. The lowest BCUT2D eigenvalue weighted by molar-refractivity contribution is 0.0997. The Morgan fingerprint density at radius 3 is 2.65 bits per heavy atom. The highest BCUT2D eigenvalue weighted by atomic mass is 32.2. The van der Waals surface area contributed by atoms with Crippen LogP contribution in [0.3, 0.4) is 0 Å². The molecule has 0 heterocycles. The van der Waals surface area contributed by atoms with Gasteiger partial charge in [-0.15, -0.1) is 0 Å². The van der Waals surface area contributed by atoms with Crippen LogP contribution in [0.25, 0.3) is 10.4 Å². The largest absolute Gasteiger partial charge is 0.496 e. The number of ether oxygens (including phenoxy) is 1. The van der Waals surface area contributed by atoms with Crippen LogP contribution in [-0.2, 0) is 10.0 Å². The first-order valence-corrected chi connectivity index (χ1v) is 5.75. The summed E-state index contributed by atoms with van der Waals surface area (Å²) in [6, 6.07) is 3.42. The van der Waals surface area contributed by atoms with Crippen molar-refractivity contribution < 1.29 is 17.9 Å². The number of hydrogen-bond acceptors (Lipinski definition) is 4. The number of methoxy groups -OCH3 is 1. The first-order chi connectivity index (χ1) is 7.90. The molecule has 0 aliphatic carbocycles. The second-order valence-corrected chi connectivity index (χ2v) is 4.46. The Bertz CT molecular complexity index is 604. The monoisotopic (exact) mass is 256 g/mol. The van der Waals surface area contributed by atoms with E-state index in [1.807, 2.05) is 0 Å². The van der Waals surface area contributed by atoms with Gasteiger partial charge >= 0.3 is 0 Å². The zero-order valence-corrected chi connectivity index (χ0v) is 9.51. The molecule has 9 heteroatoms. The van der Waals surface area contributed by atoms with Crippen molar-refractivity contribution in [3.05, 3.63) is 34.2 Å². The van der Waals surface area contributed by atoms with Gasteiger partial charge in [0.2, 0.25) is 10.0 Å². The highest BCUT2D eigenvalue weighted by Crippen LogP contribution is 2.22. The number of rotatable bonds is 3. The summed E-state index contributed by atoms with van der Waals surface area (Å²) < 4.78 is 27.0. The minimum absolute atomic E-state index is 0.0924. The number of primary sulfonamides is 1. The van der Waals surface area contributed by atoms with Gasteiger partial charge in [0.15, 0.2) is 0 Å². The molecule has 17 heavy (non-hydrogen) atoms. The number of azide groups is 1. The van der Waals surface area contributed by atoms with Crippen molar-refractivity contribution in [2.45, 2.75) is 4.90 Å². The molecule has 0 bridgehead atoms. The fraction of sp³-hybridized carbons (Fsp3) is 0.125. The average molecular weight is 256 g/mol. The maximum Gasteiger partial charge on any atom is 0.252 e. The second-order valence-electron chi connectivity index (χ2n) is 2.90. The number of benzene rings is 1. The van der Waals surface area contributed by atoms with Crippen molar-refractivity contribution in [1.29, 1.82) is 0 Å². The molecule has 0 spiro atoms. The van der Waals surface area contributed by atoms with Crippen LogP contribution in [0.4, 0.5) is 0 Å². The fourth-order valence-electron chi connectivity index (χ4n) is 1.13. The fourth-order valence-corrected chi connectivity index (χ4v) is 1.67. The number of amides is 1. The summed E-state index contributed by atoms with van der Waals surface area (Å²) in [5.74, 6) is -0.857. The molecule has 1 rings (SSSR count). The summed E-state index contributed by atoms with van der Waals surface area (Å²) in [6.45, 7) is 0. The van der Waals surface area contributed by atoms with Gasteiger partial charge < -0.3 is 4.74 Å². The molecular formula is C8H8N4O4S. The van der Waals surface area contributed by atoms with E-state index in [-0.39, 0.29) is 16.2 Å². The average Bonchev–Trinajstić information content (AvgIpc) is 2.27. The molecule has 0 aromatic heterocycles. The van der Waals surface area contributed by atoms with Gasteiger partial charge in [-0.05, 0) is 28.8 Å². The summed E-state index contributed by atoms with van der Waals surface area (Å²) >= 11 is 0. The van der Waals surface area contributed by atoms with Crippen LogP contribution in [-0.4, -0.2) is 21.4 Å². The minimum atomic E-state index is -3.94. The van der Waals surface area contributed by atoms with Crippen molar-refractivity contribution >= 4 is 15.9 Å². The first-order valence-electron chi connectivity index (χ1n) is 4.20. The van der Waals surface area contributed by atoms with E-state index in [0.717, 1.165) is 6.07 Å². The summed E-state index contributed by atoms with van der Waals surface area (Å²) in [5, 5.41) is 7.76. The van der Waals surface area contributed by atoms with Crippen LogP contribution in [0.15, 0.2) is 28.2 Å². The molecule has 0 atom stereocenters. The maximum absolute atomic E-state index is 11.4. The van der Waals surface area contributed by atoms with E-state index in [1.54, 1.807) is 0 Å². The Balaban J connectivity index is 3.45. The molecule has 0 saturated carbocycles. The van der Waals surface area contributed by atoms with Crippen LogP contribution in [0, 0.1) is 0 Å². The van der Waals surface area contributed by atoms with Crippen molar-refractivity contribution in [3.63, 3.8) is 0 Å². The predicted molar refractivity (Wildman–Crippen MR) is 57.8 cm³/mol. The minimum Gasteiger partial charge on any atom is -0.496 e. The summed E-state index contributed by atoms with van der Waals surface area (Å²) in [4.78, 5) is 13.4. The van der Waals surface area contributed by atoms with Crippen LogP contribution in [0.1, 0.15) is 10.4 Å². The van der Waals surface area contributed by atoms with Gasteiger partial charge in [0.25, 0.3) is 5.91 Å². The van der Waals surface area contributed by atoms with Crippen molar-refractivity contribution in [3.8, 4) is 5.75 Å². The second kappa shape index (κ2) is 4.83. The zero-order valence-electron chi connectivity index (χ0n) is 8.69. The van der Waals surface area contributed by atoms with E-state index in [1.165, 1.54) is 19.2 Å². The molecule has 0 aliphatic rings. The van der Waals surface area contributed by atoms with Gasteiger partial charge in [-0.2, -0.15) is 0 Å². The van der Waals surface area contributed by atoms with Crippen molar-refractivity contribution in [1.82, 2.24) is 0 Å². The van der Waals surface area contributed by atoms with Gasteiger partial charge in [0.05, 0.1) is 17.6 Å². The van der Waals surface area contributed by atoms with E-state index in [0.29, 0.717) is 0 Å². The quantitative estimate of drug-likeness (QED) is 0.485. The van der Waals surface area contributed by atoms with E-state index >= 15 is 0 Å². The molecule has 8 nitrogen and oxygen atoms in total. The van der Waals surface area contributed by atoms with E-state index < -0.39 is 15.9 Å². The summed E-state index contributed by atoms with van der Waals surface area (Å²) in [6.07, 6.45) is 0. The normalized spacial score (nSPS) is 10.5. The molecule has 1 aromatic carbocycles. The number of nitrogens with two attached hydrogens (primary N) is 1. The third-order valence-corrected chi connectivity index (χ3v) is 2.78. The van der Waals surface area contributed by atoms with Crippen molar-refractivity contribution in [2.24, 2.45) is 10.3 Å². The molecule has 2 N–H and O–H groups in total. The van der Waals surface area contributed by atoms with Gasteiger partial charge in [-0.1, -0.05) is 0 Å². The van der Waals surface area contributed by atoms with Gasteiger partial charge in [0.1, 0.15) is 5.75 Å². The molecule has 1 aromatic rings. The Hall–Kier alpha value is -2.09. The number of carbonyl (C=O) groups excluding carboxylic acids is 1. The highest BCUT2D eigenvalue weighted by Gasteiger charge is 2.16. The van der Waals surface area contributed by atoms with Gasteiger partial charge in [-0.25, -0.2) is 13.6 Å². The van der Waals surface area contributed by atoms with Crippen LogP contribution < -0.4 is 9.88 Å². The van der Waals surface area contributed by atoms with Gasteiger partial charge in [-0.3, -0.25) is 4.79 Å². The number of sulfonamides is 1. The maximum atomic E-state index is 11.4. The predicted octanol–water partition coefficient (Wildman–Crippen LogP) is 0.793. The van der Waals surface area contributed by atoms with Crippen LogP contribution >= 0.6 is 0 Å². The number of carbonyl (C=O) groups is 1. The van der Waals surface area contributed by atoms with Crippen LogP contribution in [0.2, 0.25) is 0 Å².